The molecule has 4 nitrogen and oxygen atoms in total. The van der Waals surface area contributed by atoms with E-state index in [4.69, 9.17) is 17.0 Å². The molecule has 2 atom stereocenters. The first-order chi connectivity index (χ1) is 11.9. The van der Waals surface area contributed by atoms with Gasteiger partial charge >= 0.3 is 0 Å². The van der Waals surface area contributed by atoms with Crippen molar-refractivity contribution >= 4 is 23.0 Å². The molecule has 1 aliphatic heterocycles. The fourth-order valence-electron chi connectivity index (χ4n) is 3.54. The third-order valence-corrected chi connectivity index (χ3v) is 4.61. The Morgan fingerprint density at radius 1 is 1.20 bits per heavy atom. The van der Waals surface area contributed by atoms with Crippen LogP contribution in [0.3, 0.4) is 0 Å². The van der Waals surface area contributed by atoms with Gasteiger partial charge in [0.05, 0.1) is 6.10 Å². The topological polar surface area (TPSA) is 36.5 Å². The lowest BCUT2D eigenvalue weighted by Crippen LogP contribution is -2.40. The smallest absolute Gasteiger partial charge is 0.170 e. The van der Waals surface area contributed by atoms with E-state index in [9.17, 15) is 0 Å². The quantitative estimate of drug-likeness (QED) is 0.563. The molecule has 1 saturated heterocycles. The van der Waals surface area contributed by atoms with Crippen LogP contribution in [0.4, 0.5) is 5.69 Å². The van der Waals surface area contributed by atoms with Crippen LogP contribution in [0.5, 0.6) is 5.75 Å². The number of hydrogen-bond donors (Lipinski definition) is 2. The first-order valence-electron chi connectivity index (χ1n) is 9.46. The summed E-state index contributed by atoms with van der Waals surface area (Å²) in [7, 11) is 0. The summed E-state index contributed by atoms with van der Waals surface area (Å²) in [6.45, 7) is 13.3. The van der Waals surface area contributed by atoms with E-state index in [-0.39, 0.29) is 6.10 Å². The fraction of sp³-hybridized carbons (Fsp3) is 0.650. The van der Waals surface area contributed by atoms with E-state index in [0.29, 0.717) is 5.11 Å². The predicted octanol–water partition coefficient (Wildman–Crippen LogP) is 4.13. The van der Waals surface area contributed by atoms with Crippen LogP contribution in [-0.4, -0.2) is 42.3 Å². The number of hydrogen-bond acceptors (Lipinski definition) is 3. The monoisotopic (exact) mass is 363 g/mol. The Morgan fingerprint density at radius 2 is 1.84 bits per heavy atom. The number of piperidine rings is 1. The Morgan fingerprint density at radius 3 is 2.44 bits per heavy atom. The van der Waals surface area contributed by atoms with Crippen molar-refractivity contribution in [3.8, 4) is 5.75 Å². The minimum atomic E-state index is 0.187. The molecule has 2 N–H and O–H groups in total. The van der Waals surface area contributed by atoms with Gasteiger partial charge in [0.25, 0.3) is 0 Å². The Bertz CT molecular complexity index is 522. The van der Waals surface area contributed by atoms with E-state index in [1.807, 2.05) is 38.1 Å². The average molecular weight is 364 g/mol. The molecule has 0 amide bonds. The lowest BCUT2D eigenvalue weighted by molar-refractivity contribution is 0.140. The van der Waals surface area contributed by atoms with E-state index >= 15 is 0 Å². The molecule has 5 heteroatoms. The highest BCUT2D eigenvalue weighted by atomic mass is 32.1. The van der Waals surface area contributed by atoms with Gasteiger partial charge < -0.3 is 20.3 Å². The van der Waals surface area contributed by atoms with Gasteiger partial charge in [0.2, 0.25) is 0 Å². The second-order valence-corrected chi connectivity index (χ2v) is 8.04. The van der Waals surface area contributed by atoms with Crippen molar-refractivity contribution in [1.82, 2.24) is 10.2 Å². The van der Waals surface area contributed by atoms with E-state index in [1.54, 1.807) is 0 Å². The zero-order valence-electron chi connectivity index (χ0n) is 16.0. The molecule has 1 aliphatic rings. The molecule has 0 saturated carbocycles. The van der Waals surface area contributed by atoms with Gasteiger partial charge in [0.1, 0.15) is 5.75 Å². The lowest BCUT2D eigenvalue weighted by atomic mass is 9.92. The first-order valence-corrected chi connectivity index (χ1v) is 9.87. The van der Waals surface area contributed by atoms with E-state index < -0.39 is 0 Å². The van der Waals surface area contributed by atoms with E-state index in [2.05, 4.69) is 29.4 Å². The van der Waals surface area contributed by atoms with Gasteiger partial charge in [-0.25, -0.2) is 0 Å². The maximum absolute atomic E-state index is 5.65. The summed E-state index contributed by atoms with van der Waals surface area (Å²) >= 11 is 5.38. The van der Waals surface area contributed by atoms with Gasteiger partial charge in [-0.15, -0.1) is 0 Å². The predicted molar refractivity (Wildman–Crippen MR) is 110 cm³/mol. The molecular formula is C20H33N3OS. The summed E-state index contributed by atoms with van der Waals surface area (Å²) in [6.07, 6.45) is 2.67. The molecule has 2 rings (SSSR count). The molecule has 2 unspecified atom stereocenters. The molecule has 0 aliphatic carbocycles. The Balaban J connectivity index is 1.63. The van der Waals surface area contributed by atoms with Crippen molar-refractivity contribution in [3.63, 3.8) is 0 Å². The molecule has 0 radical (unpaired) electrons. The molecule has 0 aromatic heterocycles. The summed E-state index contributed by atoms with van der Waals surface area (Å²) in [5.74, 6) is 2.52. The highest BCUT2D eigenvalue weighted by molar-refractivity contribution is 7.80. The molecule has 25 heavy (non-hydrogen) atoms. The number of ether oxygens (including phenoxy) is 1. The number of rotatable bonds is 7. The largest absolute Gasteiger partial charge is 0.491 e. The van der Waals surface area contributed by atoms with Crippen LogP contribution in [0.2, 0.25) is 0 Å². The molecule has 1 heterocycles. The summed E-state index contributed by atoms with van der Waals surface area (Å²) in [5, 5.41) is 7.21. The van der Waals surface area contributed by atoms with Crippen LogP contribution in [0.15, 0.2) is 24.3 Å². The number of nitrogens with one attached hydrogen (secondary N) is 2. The maximum Gasteiger partial charge on any atom is 0.170 e. The van der Waals surface area contributed by atoms with Crippen molar-refractivity contribution in [3.05, 3.63) is 24.3 Å². The van der Waals surface area contributed by atoms with E-state index in [0.717, 1.165) is 42.8 Å². The Hall–Kier alpha value is -1.33. The van der Waals surface area contributed by atoms with Gasteiger partial charge in [-0.3, -0.25) is 0 Å². The summed E-state index contributed by atoms with van der Waals surface area (Å²) in [5.41, 5.74) is 0.979. The minimum Gasteiger partial charge on any atom is -0.491 e. The van der Waals surface area contributed by atoms with Gasteiger partial charge in [-0.05, 0) is 81.6 Å². The van der Waals surface area contributed by atoms with Crippen molar-refractivity contribution in [1.29, 1.82) is 0 Å². The van der Waals surface area contributed by atoms with Crippen LogP contribution in [0.25, 0.3) is 0 Å². The van der Waals surface area contributed by atoms with Crippen LogP contribution in [0, 0.1) is 11.8 Å². The van der Waals surface area contributed by atoms with Crippen molar-refractivity contribution in [2.24, 2.45) is 11.8 Å². The molecule has 0 bridgehead atoms. The van der Waals surface area contributed by atoms with Crippen molar-refractivity contribution < 1.29 is 4.74 Å². The SMILES string of the molecule is CC1CC(C)CN(CCCNC(=S)Nc2ccc(OC(C)C)cc2)C1. The zero-order valence-corrected chi connectivity index (χ0v) is 16.9. The second-order valence-electron chi connectivity index (χ2n) is 7.63. The third kappa shape index (κ3) is 7.61. The Labute approximate surface area is 158 Å². The Kier molecular flexibility index (Phi) is 7.97. The molecular weight excluding hydrogens is 330 g/mol. The summed E-state index contributed by atoms with van der Waals surface area (Å²) in [6, 6.07) is 7.90. The van der Waals surface area contributed by atoms with Crippen LogP contribution in [0.1, 0.15) is 40.5 Å². The van der Waals surface area contributed by atoms with Crippen LogP contribution >= 0.6 is 12.2 Å². The van der Waals surface area contributed by atoms with Gasteiger partial charge in [-0.1, -0.05) is 13.8 Å². The normalized spacial score (nSPS) is 21.2. The third-order valence-electron chi connectivity index (χ3n) is 4.37. The highest BCUT2D eigenvalue weighted by Crippen LogP contribution is 2.20. The second kappa shape index (κ2) is 9.97. The van der Waals surface area contributed by atoms with Crippen molar-refractivity contribution in [2.75, 3.05) is 31.5 Å². The average Bonchev–Trinajstić information content (AvgIpc) is 2.52. The first kappa shape index (κ1) is 20.0. The number of benzene rings is 1. The van der Waals surface area contributed by atoms with E-state index in [1.165, 1.54) is 19.5 Å². The van der Waals surface area contributed by atoms with Crippen LogP contribution in [-0.2, 0) is 0 Å². The van der Waals surface area contributed by atoms with Gasteiger partial charge in [0.15, 0.2) is 5.11 Å². The molecule has 1 aromatic carbocycles. The van der Waals surface area contributed by atoms with Crippen LogP contribution < -0.4 is 15.4 Å². The molecule has 140 valence electrons. The molecule has 0 spiro atoms. The zero-order chi connectivity index (χ0) is 18.2. The number of nitrogens with zero attached hydrogens (tertiary/aromatic N) is 1. The maximum atomic E-state index is 5.65. The molecule has 1 fully saturated rings. The van der Waals surface area contributed by atoms with Crippen molar-refractivity contribution in [2.45, 2.75) is 46.6 Å². The van der Waals surface area contributed by atoms with Gasteiger partial charge in [-0.2, -0.15) is 0 Å². The summed E-state index contributed by atoms with van der Waals surface area (Å²) in [4.78, 5) is 2.59. The lowest BCUT2D eigenvalue weighted by Gasteiger charge is -2.34. The van der Waals surface area contributed by atoms with Gasteiger partial charge in [0, 0.05) is 25.3 Å². The fourth-order valence-corrected chi connectivity index (χ4v) is 3.76. The standard InChI is InChI=1S/C20H33N3OS/c1-15(2)24-19-8-6-18(7-9-19)22-20(25)21-10-5-11-23-13-16(3)12-17(4)14-23/h6-9,15-17H,5,10-14H2,1-4H3,(H2,21,22,25). The number of thiocarbonyl (C=S) groups is 1. The highest BCUT2D eigenvalue weighted by Gasteiger charge is 2.20. The molecule has 1 aromatic rings. The number of likely N-dealkylation sites (tertiary alicyclic amines) is 1. The summed E-state index contributed by atoms with van der Waals surface area (Å²) < 4.78 is 5.65. The minimum absolute atomic E-state index is 0.187. The number of anilines is 1.